The van der Waals surface area contributed by atoms with Crippen LogP contribution in [-0.2, 0) is 9.53 Å². The number of ether oxygens (including phenoxy) is 2. The molecule has 20 heavy (non-hydrogen) atoms. The van der Waals surface area contributed by atoms with Gasteiger partial charge in [-0.3, -0.25) is 0 Å². The fourth-order valence-electron chi connectivity index (χ4n) is 1.76. The average Bonchev–Trinajstić information content (AvgIpc) is 2.35. The molecule has 0 aromatic heterocycles. The van der Waals surface area contributed by atoms with Crippen LogP contribution in [0.5, 0.6) is 5.75 Å². The topological polar surface area (TPSA) is 35.5 Å². The van der Waals surface area contributed by atoms with Crippen LogP contribution in [-0.4, -0.2) is 25.4 Å². The Hall–Kier alpha value is -0.960. The molecular formula is C12H7ClF3IO3. The predicted molar refractivity (Wildman–Crippen MR) is 74.6 cm³/mol. The first kappa shape index (κ1) is 15.4. The van der Waals surface area contributed by atoms with E-state index < -0.39 is 23.8 Å². The van der Waals surface area contributed by atoms with Crippen LogP contribution in [0.15, 0.2) is 17.7 Å². The summed E-state index contributed by atoms with van der Waals surface area (Å²) in [7, 11) is 1.01. The number of carbonyl (C=O) groups is 1. The Morgan fingerprint density at radius 2 is 2.10 bits per heavy atom. The predicted octanol–water partition coefficient (Wildman–Crippen LogP) is 3.82. The van der Waals surface area contributed by atoms with Crippen LogP contribution >= 0.6 is 34.2 Å². The van der Waals surface area contributed by atoms with Crippen molar-refractivity contribution in [1.82, 2.24) is 0 Å². The number of carbonyl (C=O) groups excluding carboxylic acids is 1. The molecule has 0 N–H and O–H groups in total. The highest BCUT2D eigenvalue weighted by atomic mass is 127. The van der Waals surface area contributed by atoms with E-state index in [-0.39, 0.29) is 5.75 Å². The van der Waals surface area contributed by atoms with Crippen LogP contribution in [0.3, 0.4) is 0 Å². The third kappa shape index (κ3) is 2.88. The fourth-order valence-corrected chi connectivity index (χ4v) is 2.95. The van der Waals surface area contributed by atoms with Crippen molar-refractivity contribution in [3.63, 3.8) is 0 Å². The highest BCUT2D eigenvalue weighted by molar-refractivity contribution is 14.1. The Morgan fingerprint density at radius 3 is 2.65 bits per heavy atom. The SMILES string of the molecule is COC(=O)C1=Cc2cc(Cl)cc(I)c2OC1C(F)(F)F. The minimum absolute atomic E-state index is 0.0463. The summed E-state index contributed by atoms with van der Waals surface area (Å²) in [6.07, 6.45) is -5.98. The first-order chi connectivity index (χ1) is 9.24. The first-order valence-electron chi connectivity index (χ1n) is 5.26. The van der Waals surface area contributed by atoms with Gasteiger partial charge < -0.3 is 9.47 Å². The largest absolute Gasteiger partial charge is 0.474 e. The van der Waals surface area contributed by atoms with Crippen molar-refractivity contribution >= 4 is 46.2 Å². The number of halogens is 5. The maximum Gasteiger partial charge on any atom is 0.430 e. The second-order valence-corrected chi connectivity index (χ2v) is 5.54. The van der Waals surface area contributed by atoms with E-state index in [0.29, 0.717) is 14.2 Å². The number of fused-ring (bicyclic) bond motifs is 1. The Kier molecular flexibility index (Phi) is 4.19. The number of methoxy groups -OCH3 is 1. The van der Waals surface area contributed by atoms with Crippen LogP contribution in [0.2, 0.25) is 5.02 Å². The molecule has 1 aliphatic rings. The summed E-state index contributed by atoms with van der Waals surface area (Å²) in [6.45, 7) is 0. The standard InChI is InChI=1S/C12H7ClF3IO3/c1-19-11(18)7-3-5-2-6(13)4-8(17)9(5)20-10(7)12(14,15)16/h2-4,10H,1H3. The molecule has 3 nitrogen and oxygen atoms in total. The van der Waals surface area contributed by atoms with E-state index >= 15 is 0 Å². The zero-order valence-electron chi connectivity index (χ0n) is 9.92. The summed E-state index contributed by atoms with van der Waals surface area (Å²) in [5.41, 5.74) is -0.298. The molecule has 0 saturated heterocycles. The lowest BCUT2D eigenvalue weighted by atomic mass is 10.0. The van der Waals surface area contributed by atoms with Crippen LogP contribution < -0.4 is 4.74 Å². The van der Waals surface area contributed by atoms with Gasteiger partial charge in [-0.2, -0.15) is 13.2 Å². The molecule has 0 amide bonds. The molecule has 0 spiro atoms. The lowest BCUT2D eigenvalue weighted by Crippen LogP contribution is -2.40. The zero-order chi connectivity index (χ0) is 15.1. The van der Waals surface area contributed by atoms with Gasteiger partial charge >= 0.3 is 12.1 Å². The summed E-state index contributed by atoms with van der Waals surface area (Å²) < 4.78 is 48.7. The van der Waals surface area contributed by atoms with E-state index in [1.807, 2.05) is 22.6 Å². The number of hydrogen-bond acceptors (Lipinski definition) is 3. The van der Waals surface area contributed by atoms with Gasteiger partial charge in [-0.25, -0.2) is 4.79 Å². The van der Waals surface area contributed by atoms with E-state index in [4.69, 9.17) is 16.3 Å². The molecule has 0 saturated carbocycles. The van der Waals surface area contributed by atoms with E-state index in [0.717, 1.165) is 13.2 Å². The van der Waals surface area contributed by atoms with E-state index in [2.05, 4.69) is 4.74 Å². The van der Waals surface area contributed by atoms with Crippen molar-refractivity contribution in [2.45, 2.75) is 12.3 Å². The number of rotatable bonds is 1. The Bertz CT molecular complexity index is 598. The highest BCUT2D eigenvalue weighted by Crippen LogP contribution is 2.40. The molecule has 0 bridgehead atoms. The molecule has 1 aromatic carbocycles. The maximum absolute atomic E-state index is 13.0. The zero-order valence-corrected chi connectivity index (χ0v) is 12.8. The molecule has 1 heterocycles. The summed E-state index contributed by atoms with van der Waals surface area (Å²) in [5.74, 6) is -1.04. The molecule has 2 rings (SSSR count). The van der Waals surface area contributed by atoms with Crippen molar-refractivity contribution in [1.29, 1.82) is 0 Å². The minimum Gasteiger partial charge on any atom is -0.474 e. The monoisotopic (exact) mass is 418 g/mol. The maximum atomic E-state index is 13.0. The highest BCUT2D eigenvalue weighted by Gasteiger charge is 2.49. The van der Waals surface area contributed by atoms with E-state index in [9.17, 15) is 18.0 Å². The third-order valence-corrected chi connectivity index (χ3v) is 3.60. The Balaban J connectivity index is 2.60. The molecular weight excluding hydrogens is 411 g/mol. The van der Waals surface area contributed by atoms with Crippen LogP contribution in [0, 0.1) is 3.57 Å². The lowest BCUT2D eigenvalue weighted by molar-refractivity contribution is -0.187. The molecule has 8 heteroatoms. The molecule has 1 atom stereocenters. The van der Waals surface area contributed by atoms with Gasteiger partial charge in [0.1, 0.15) is 5.75 Å². The molecule has 0 aliphatic carbocycles. The van der Waals surface area contributed by atoms with Crippen LogP contribution in [0.1, 0.15) is 5.56 Å². The van der Waals surface area contributed by atoms with Crippen molar-refractivity contribution in [2.75, 3.05) is 7.11 Å². The van der Waals surface area contributed by atoms with Gasteiger partial charge in [-0.1, -0.05) is 11.6 Å². The number of hydrogen-bond donors (Lipinski definition) is 0. The average molecular weight is 419 g/mol. The molecule has 1 aliphatic heterocycles. The van der Waals surface area contributed by atoms with E-state index in [1.54, 1.807) is 0 Å². The van der Waals surface area contributed by atoms with Crippen LogP contribution in [0.25, 0.3) is 6.08 Å². The smallest absolute Gasteiger partial charge is 0.430 e. The van der Waals surface area contributed by atoms with E-state index in [1.165, 1.54) is 12.1 Å². The summed E-state index contributed by atoms with van der Waals surface area (Å²) >= 11 is 7.66. The number of benzene rings is 1. The van der Waals surface area contributed by atoms with Gasteiger partial charge in [0.25, 0.3) is 0 Å². The van der Waals surface area contributed by atoms with Crippen LogP contribution in [0.4, 0.5) is 13.2 Å². The van der Waals surface area contributed by atoms with Gasteiger partial charge in [0.05, 0.1) is 16.3 Å². The molecule has 1 unspecified atom stereocenters. The minimum atomic E-state index is -4.72. The van der Waals surface area contributed by atoms with Gasteiger partial charge in [0, 0.05) is 10.6 Å². The lowest BCUT2D eigenvalue weighted by Gasteiger charge is -2.28. The molecule has 0 radical (unpaired) electrons. The third-order valence-electron chi connectivity index (χ3n) is 2.58. The quantitative estimate of drug-likeness (QED) is 0.514. The van der Waals surface area contributed by atoms with Crippen molar-refractivity contribution in [3.05, 3.63) is 31.9 Å². The number of esters is 1. The second kappa shape index (κ2) is 5.44. The van der Waals surface area contributed by atoms with Crippen molar-refractivity contribution in [3.8, 4) is 5.75 Å². The molecule has 1 aromatic rings. The Labute approximate surface area is 130 Å². The normalized spacial score (nSPS) is 17.9. The van der Waals surface area contributed by atoms with Gasteiger partial charge in [-0.15, -0.1) is 0 Å². The van der Waals surface area contributed by atoms with Crippen molar-refractivity contribution in [2.24, 2.45) is 0 Å². The molecule has 0 fully saturated rings. The van der Waals surface area contributed by atoms with Gasteiger partial charge in [0.15, 0.2) is 0 Å². The summed E-state index contributed by atoms with van der Waals surface area (Å²) in [6, 6.07) is 2.90. The van der Waals surface area contributed by atoms with Gasteiger partial charge in [0.2, 0.25) is 6.10 Å². The second-order valence-electron chi connectivity index (χ2n) is 3.94. The summed E-state index contributed by atoms with van der Waals surface area (Å²) in [5, 5.41) is 0.336. The Morgan fingerprint density at radius 1 is 1.45 bits per heavy atom. The fraction of sp³-hybridized carbons (Fsp3) is 0.250. The summed E-state index contributed by atoms with van der Waals surface area (Å²) in [4.78, 5) is 11.5. The number of alkyl halides is 3. The van der Waals surface area contributed by atoms with Crippen molar-refractivity contribution < 1.29 is 27.4 Å². The molecule has 108 valence electrons. The van der Waals surface area contributed by atoms with Gasteiger partial charge in [-0.05, 0) is 40.8 Å². The first-order valence-corrected chi connectivity index (χ1v) is 6.72.